The molecule has 2 aromatic carbocycles. The molecule has 0 fully saturated rings. The number of amides is 2. The molecule has 8 heteroatoms. The van der Waals surface area contributed by atoms with E-state index in [-0.39, 0.29) is 23.1 Å². The van der Waals surface area contributed by atoms with Crippen molar-refractivity contribution in [1.82, 2.24) is 5.32 Å². The first-order valence-corrected chi connectivity index (χ1v) is 10.5. The molecule has 0 aliphatic heterocycles. The Morgan fingerprint density at radius 2 is 1.74 bits per heavy atom. The Bertz CT molecular complexity index is 956. The molecule has 0 aliphatic carbocycles. The first-order chi connectivity index (χ1) is 12.6. The number of carbonyl (C=O) groups excluding carboxylic acids is 2. The van der Waals surface area contributed by atoms with Gasteiger partial charge in [0.25, 0.3) is 0 Å². The Kier molecular flexibility index (Phi) is 6.62. The van der Waals surface area contributed by atoms with Gasteiger partial charge < -0.3 is 10.6 Å². The summed E-state index contributed by atoms with van der Waals surface area (Å²) in [5, 5.41) is 6.02. The summed E-state index contributed by atoms with van der Waals surface area (Å²) >= 11 is 5.89. The fourth-order valence-electron chi connectivity index (χ4n) is 2.55. The third kappa shape index (κ3) is 6.08. The first-order valence-electron chi connectivity index (χ1n) is 8.19. The lowest BCUT2D eigenvalue weighted by atomic mass is 10.0. The zero-order chi connectivity index (χ0) is 20.2. The molecule has 0 spiro atoms. The predicted octanol–water partition coefficient (Wildman–Crippen LogP) is 3.26. The summed E-state index contributed by atoms with van der Waals surface area (Å²) in [5.41, 5.74) is 1.89. The maximum absolute atomic E-state index is 12.5. The fraction of sp³-hybridized carbons (Fsp3) is 0.263. The molecule has 2 rings (SSSR count). The predicted molar refractivity (Wildman–Crippen MR) is 106 cm³/mol. The van der Waals surface area contributed by atoms with E-state index in [9.17, 15) is 18.0 Å². The number of carbonyl (C=O) groups is 2. The van der Waals surface area contributed by atoms with Gasteiger partial charge in [-0.3, -0.25) is 9.59 Å². The number of benzene rings is 2. The average Bonchev–Trinajstić information content (AvgIpc) is 2.55. The summed E-state index contributed by atoms with van der Waals surface area (Å²) in [6, 6.07) is 10.9. The van der Waals surface area contributed by atoms with Crippen molar-refractivity contribution in [3.05, 3.63) is 58.6 Å². The van der Waals surface area contributed by atoms with Crippen molar-refractivity contribution in [3.8, 4) is 0 Å². The van der Waals surface area contributed by atoms with Crippen LogP contribution in [0.1, 0.15) is 30.5 Å². The molecular formula is C19H21ClN2O4S. The summed E-state index contributed by atoms with van der Waals surface area (Å²) in [7, 11) is -3.38. The number of sulfone groups is 1. The fourth-order valence-corrected chi connectivity index (χ4v) is 3.32. The van der Waals surface area contributed by atoms with Crippen LogP contribution >= 0.6 is 11.6 Å². The van der Waals surface area contributed by atoms with Crippen LogP contribution in [0.5, 0.6) is 0 Å². The van der Waals surface area contributed by atoms with Gasteiger partial charge in [-0.15, -0.1) is 0 Å². The maximum atomic E-state index is 12.5. The lowest BCUT2D eigenvalue weighted by molar-refractivity contribution is -0.120. The molecule has 0 aliphatic rings. The summed E-state index contributed by atoms with van der Waals surface area (Å²) in [6.45, 7) is 3.15. The Hall–Kier alpha value is -2.38. The van der Waals surface area contributed by atoms with Crippen LogP contribution in [0.2, 0.25) is 5.02 Å². The molecule has 1 atom stereocenters. The van der Waals surface area contributed by atoms with Crippen LogP contribution < -0.4 is 10.6 Å². The molecule has 0 saturated carbocycles. The van der Waals surface area contributed by atoms with Crippen molar-refractivity contribution in [2.45, 2.75) is 31.2 Å². The molecule has 6 nitrogen and oxygen atoms in total. The molecule has 2 N–H and O–H groups in total. The van der Waals surface area contributed by atoms with Crippen molar-refractivity contribution < 1.29 is 18.0 Å². The van der Waals surface area contributed by atoms with E-state index in [1.165, 1.54) is 19.1 Å². The van der Waals surface area contributed by atoms with Gasteiger partial charge in [-0.1, -0.05) is 29.8 Å². The molecular weight excluding hydrogens is 388 g/mol. The van der Waals surface area contributed by atoms with Gasteiger partial charge in [-0.05, 0) is 42.3 Å². The van der Waals surface area contributed by atoms with Crippen LogP contribution in [0.4, 0.5) is 5.69 Å². The van der Waals surface area contributed by atoms with Crippen molar-refractivity contribution in [2.75, 3.05) is 11.6 Å². The molecule has 2 amide bonds. The van der Waals surface area contributed by atoms with Crippen LogP contribution in [0.25, 0.3) is 0 Å². The highest BCUT2D eigenvalue weighted by Gasteiger charge is 2.18. The number of nitrogens with one attached hydrogen (secondary N) is 2. The summed E-state index contributed by atoms with van der Waals surface area (Å²) in [4.78, 5) is 24.2. The van der Waals surface area contributed by atoms with Crippen molar-refractivity contribution in [1.29, 1.82) is 0 Å². The Morgan fingerprint density at radius 1 is 1.11 bits per heavy atom. The minimum Gasteiger partial charge on any atom is -0.349 e. The number of rotatable bonds is 6. The smallest absolute Gasteiger partial charge is 0.226 e. The zero-order valence-corrected chi connectivity index (χ0v) is 16.8. The molecule has 0 aromatic heterocycles. The number of aryl methyl sites for hydroxylation is 1. The van der Waals surface area contributed by atoms with E-state index >= 15 is 0 Å². The Morgan fingerprint density at radius 3 is 2.30 bits per heavy atom. The second kappa shape index (κ2) is 8.54. The summed E-state index contributed by atoms with van der Waals surface area (Å²) < 4.78 is 23.4. The molecule has 27 heavy (non-hydrogen) atoms. The first kappa shape index (κ1) is 20.9. The standard InChI is InChI=1S/C19H21ClN2O4S/c1-12-4-9-16(27(3,25)26)10-17(12)22-19(24)11-18(21-13(2)23)14-5-7-15(20)8-6-14/h4-10,18H,11H2,1-3H3,(H,21,23)(H,22,24)/t18-/m1/s1. The highest BCUT2D eigenvalue weighted by molar-refractivity contribution is 7.90. The van der Waals surface area contributed by atoms with Crippen LogP contribution in [-0.2, 0) is 19.4 Å². The van der Waals surface area contributed by atoms with E-state index < -0.39 is 15.9 Å². The van der Waals surface area contributed by atoms with Crippen LogP contribution in [0, 0.1) is 6.92 Å². The SMILES string of the molecule is CC(=O)N[C@H](CC(=O)Nc1cc(S(C)(=O)=O)ccc1C)c1ccc(Cl)cc1. The van der Waals surface area contributed by atoms with Crippen molar-refractivity contribution >= 4 is 38.9 Å². The maximum Gasteiger partial charge on any atom is 0.226 e. The topological polar surface area (TPSA) is 92.3 Å². The highest BCUT2D eigenvalue weighted by atomic mass is 35.5. The van der Waals surface area contributed by atoms with Gasteiger partial charge in [0.2, 0.25) is 11.8 Å². The molecule has 0 saturated heterocycles. The molecule has 0 heterocycles. The van der Waals surface area contributed by atoms with E-state index in [0.29, 0.717) is 10.7 Å². The van der Waals surface area contributed by atoms with Gasteiger partial charge in [0.05, 0.1) is 17.4 Å². The van der Waals surface area contributed by atoms with Gasteiger partial charge in [0.15, 0.2) is 9.84 Å². The molecule has 0 bridgehead atoms. The van der Waals surface area contributed by atoms with Gasteiger partial charge in [-0.2, -0.15) is 0 Å². The largest absolute Gasteiger partial charge is 0.349 e. The normalized spacial score (nSPS) is 12.3. The molecule has 0 radical (unpaired) electrons. The minimum absolute atomic E-state index is 0.0102. The number of halogens is 1. The summed E-state index contributed by atoms with van der Waals surface area (Å²) in [6.07, 6.45) is 1.10. The van der Waals surface area contributed by atoms with E-state index in [1.807, 2.05) is 0 Å². The zero-order valence-electron chi connectivity index (χ0n) is 15.2. The van der Waals surface area contributed by atoms with Gasteiger partial charge in [-0.25, -0.2) is 8.42 Å². The van der Waals surface area contributed by atoms with Crippen molar-refractivity contribution in [3.63, 3.8) is 0 Å². The third-order valence-corrected chi connectivity index (χ3v) is 5.31. The third-order valence-electron chi connectivity index (χ3n) is 3.95. The lowest BCUT2D eigenvalue weighted by Gasteiger charge is -2.19. The second-order valence-corrected chi connectivity index (χ2v) is 8.76. The second-order valence-electron chi connectivity index (χ2n) is 6.31. The van der Waals surface area contributed by atoms with Crippen LogP contribution in [0.15, 0.2) is 47.4 Å². The highest BCUT2D eigenvalue weighted by Crippen LogP contribution is 2.23. The molecule has 144 valence electrons. The summed E-state index contributed by atoms with van der Waals surface area (Å²) in [5.74, 6) is -0.615. The van der Waals surface area contributed by atoms with E-state index in [4.69, 9.17) is 11.6 Å². The Balaban J connectivity index is 2.21. The van der Waals surface area contributed by atoms with Gasteiger partial charge in [0.1, 0.15) is 0 Å². The van der Waals surface area contributed by atoms with E-state index in [1.54, 1.807) is 37.3 Å². The monoisotopic (exact) mass is 408 g/mol. The van der Waals surface area contributed by atoms with Crippen LogP contribution in [-0.4, -0.2) is 26.5 Å². The number of hydrogen-bond acceptors (Lipinski definition) is 4. The lowest BCUT2D eigenvalue weighted by Crippen LogP contribution is -2.29. The molecule has 0 unspecified atom stereocenters. The molecule has 2 aromatic rings. The van der Waals surface area contributed by atoms with Crippen LogP contribution in [0.3, 0.4) is 0 Å². The van der Waals surface area contributed by atoms with Gasteiger partial charge in [0, 0.05) is 23.9 Å². The minimum atomic E-state index is -3.38. The number of hydrogen-bond donors (Lipinski definition) is 2. The quantitative estimate of drug-likeness (QED) is 0.767. The van der Waals surface area contributed by atoms with Crippen molar-refractivity contribution in [2.24, 2.45) is 0 Å². The van der Waals surface area contributed by atoms with E-state index in [0.717, 1.165) is 17.4 Å². The Labute approximate surface area is 163 Å². The van der Waals surface area contributed by atoms with E-state index in [2.05, 4.69) is 10.6 Å². The average molecular weight is 409 g/mol. The van der Waals surface area contributed by atoms with Gasteiger partial charge >= 0.3 is 0 Å². The number of anilines is 1.